The third-order valence-electron chi connectivity index (χ3n) is 3.61. The first kappa shape index (κ1) is 14.3. The molecule has 1 fully saturated rings. The Bertz CT molecular complexity index is 479. The minimum absolute atomic E-state index is 0.0314. The number of nitrogens with zero attached hydrogens (tertiary/aromatic N) is 5. The molecule has 1 aliphatic rings. The van der Waals surface area contributed by atoms with E-state index in [-0.39, 0.29) is 5.92 Å². The van der Waals surface area contributed by atoms with E-state index in [2.05, 4.69) is 26.9 Å². The monoisotopic (exact) mass is 269 g/mol. The van der Waals surface area contributed by atoms with E-state index in [4.69, 9.17) is 10.5 Å². The van der Waals surface area contributed by atoms with Crippen LogP contribution in [0, 0.1) is 28.6 Å². The fourth-order valence-corrected chi connectivity index (χ4v) is 2.45. The van der Waals surface area contributed by atoms with E-state index >= 15 is 0 Å². The van der Waals surface area contributed by atoms with Gasteiger partial charge in [-0.1, -0.05) is 6.07 Å². The molecule has 0 N–H and O–H groups in total. The summed E-state index contributed by atoms with van der Waals surface area (Å²) in [6.45, 7) is 4.54. The van der Waals surface area contributed by atoms with Crippen LogP contribution in [0.15, 0.2) is 24.4 Å². The Labute approximate surface area is 120 Å². The molecular formula is C15H19N5. The third kappa shape index (κ3) is 3.94. The maximum atomic E-state index is 9.11. The molecule has 0 bridgehead atoms. The van der Waals surface area contributed by atoms with Gasteiger partial charge < -0.3 is 4.90 Å². The Morgan fingerprint density at radius 1 is 1.20 bits per heavy atom. The summed E-state index contributed by atoms with van der Waals surface area (Å²) in [6, 6.07) is 10.4. The Balaban J connectivity index is 1.80. The summed E-state index contributed by atoms with van der Waals surface area (Å²) in [7, 11) is 0. The van der Waals surface area contributed by atoms with E-state index in [1.54, 1.807) is 0 Å². The predicted molar refractivity (Wildman–Crippen MR) is 76.8 cm³/mol. The average Bonchev–Trinajstić information content (AvgIpc) is 2.53. The van der Waals surface area contributed by atoms with Gasteiger partial charge in [0.05, 0.1) is 18.1 Å². The number of aromatic nitrogens is 1. The van der Waals surface area contributed by atoms with Crippen molar-refractivity contribution in [3.8, 4) is 12.1 Å². The maximum absolute atomic E-state index is 9.11. The second-order valence-corrected chi connectivity index (χ2v) is 5.00. The molecule has 20 heavy (non-hydrogen) atoms. The van der Waals surface area contributed by atoms with Crippen LogP contribution in [-0.4, -0.2) is 42.6 Å². The molecule has 0 aliphatic carbocycles. The van der Waals surface area contributed by atoms with E-state index in [1.807, 2.05) is 24.4 Å². The highest BCUT2D eigenvalue weighted by Gasteiger charge is 2.20. The van der Waals surface area contributed by atoms with Gasteiger partial charge in [0, 0.05) is 45.3 Å². The quantitative estimate of drug-likeness (QED) is 0.813. The molecule has 0 amide bonds. The van der Waals surface area contributed by atoms with Gasteiger partial charge in [0.2, 0.25) is 0 Å². The van der Waals surface area contributed by atoms with Crippen molar-refractivity contribution in [3.05, 3.63) is 24.4 Å². The molecule has 0 unspecified atom stereocenters. The van der Waals surface area contributed by atoms with Crippen LogP contribution in [0.4, 0.5) is 5.82 Å². The number of nitriles is 2. The molecule has 1 aromatic rings. The Morgan fingerprint density at radius 3 is 2.60 bits per heavy atom. The molecule has 1 atom stereocenters. The van der Waals surface area contributed by atoms with Gasteiger partial charge >= 0.3 is 0 Å². The number of rotatable bonds is 5. The zero-order valence-electron chi connectivity index (χ0n) is 11.6. The van der Waals surface area contributed by atoms with Crippen LogP contribution < -0.4 is 4.90 Å². The van der Waals surface area contributed by atoms with Crippen molar-refractivity contribution in [2.75, 3.05) is 37.6 Å². The van der Waals surface area contributed by atoms with E-state index in [9.17, 15) is 0 Å². The van der Waals surface area contributed by atoms with Crippen molar-refractivity contribution >= 4 is 5.82 Å². The summed E-state index contributed by atoms with van der Waals surface area (Å²) in [5.74, 6) is 0.990. The van der Waals surface area contributed by atoms with Crippen LogP contribution in [0.5, 0.6) is 0 Å². The topological polar surface area (TPSA) is 67.0 Å². The number of hydrogen-bond acceptors (Lipinski definition) is 5. The zero-order chi connectivity index (χ0) is 14.2. The number of hydrogen-bond donors (Lipinski definition) is 0. The highest BCUT2D eigenvalue weighted by Crippen LogP contribution is 2.14. The molecule has 2 heterocycles. The number of anilines is 1. The number of pyridine rings is 1. The molecule has 104 valence electrons. The molecule has 0 radical (unpaired) electrons. The van der Waals surface area contributed by atoms with Gasteiger partial charge in [-0.3, -0.25) is 4.90 Å². The molecule has 5 nitrogen and oxygen atoms in total. The molecule has 1 aliphatic heterocycles. The summed E-state index contributed by atoms with van der Waals surface area (Å²) < 4.78 is 0. The summed E-state index contributed by atoms with van der Waals surface area (Å²) in [5.41, 5.74) is 0. The molecule has 0 saturated carbocycles. The molecule has 0 aromatic carbocycles. The van der Waals surface area contributed by atoms with Crippen molar-refractivity contribution in [2.45, 2.75) is 12.8 Å². The lowest BCUT2D eigenvalue weighted by Gasteiger charge is -2.36. The summed E-state index contributed by atoms with van der Waals surface area (Å²) >= 11 is 0. The van der Waals surface area contributed by atoms with E-state index in [0.717, 1.165) is 38.5 Å². The maximum Gasteiger partial charge on any atom is 0.128 e. The fraction of sp³-hybridized carbons (Fsp3) is 0.533. The molecular weight excluding hydrogens is 250 g/mol. The summed E-state index contributed by atoms with van der Waals surface area (Å²) in [5, 5.41) is 17.7. The Kier molecular flexibility index (Phi) is 5.34. The fourth-order valence-electron chi connectivity index (χ4n) is 2.45. The van der Waals surface area contributed by atoms with Crippen LogP contribution in [0.25, 0.3) is 0 Å². The van der Waals surface area contributed by atoms with Gasteiger partial charge in [-0.25, -0.2) is 4.98 Å². The van der Waals surface area contributed by atoms with Crippen LogP contribution in [0.3, 0.4) is 0 Å². The average molecular weight is 269 g/mol. The highest BCUT2D eigenvalue weighted by molar-refractivity contribution is 5.38. The van der Waals surface area contributed by atoms with E-state index < -0.39 is 0 Å². The summed E-state index contributed by atoms with van der Waals surface area (Å²) in [4.78, 5) is 8.95. The third-order valence-corrected chi connectivity index (χ3v) is 3.61. The van der Waals surface area contributed by atoms with Crippen molar-refractivity contribution in [1.82, 2.24) is 9.88 Å². The number of piperazine rings is 1. The standard InChI is InChI=1S/C15H19N5/c16-6-3-4-14(12-17)13-19-8-10-20(11-9-19)15-5-1-2-7-18-15/h1-2,5,7,14H,3-4,8-11,13H2/t14-/m1/s1. The van der Waals surface area contributed by atoms with Crippen molar-refractivity contribution in [3.63, 3.8) is 0 Å². The van der Waals surface area contributed by atoms with E-state index in [1.165, 1.54) is 0 Å². The van der Waals surface area contributed by atoms with Gasteiger partial charge in [0.15, 0.2) is 0 Å². The lowest BCUT2D eigenvalue weighted by Crippen LogP contribution is -2.48. The molecule has 0 spiro atoms. The minimum Gasteiger partial charge on any atom is -0.354 e. The first-order valence-electron chi connectivity index (χ1n) is 6.98. The second-order valence-electron chi connectivity index (χ2n) is 5.00. The normalized spacial score (nSPS) is 17.2. The van der Waals surface area contributed by atoms with Crippen molar-refractivity contribution in [1.29, 1.82) is 10.5 Å². The van der Waals surface area contributed by atoms with Gasteiger partial charge in [-0.05, 0) is 18.6 Å². The first-order chi connectivity index (χ1) is 9.83. The van der Waals surface area contributed by atoms with Gasteiger partial charge in [-0.15, -0.1) is 0 Å². The molecule has 2 rings (SSSR count). The van der Waals surface area contributed by atoms with Crippen molar-refractivity contribution in [2.24, 2.45) is 5.92 Å². The largest absolute Gasteiger partial charge is 0.354 e. The SMILES string of the molecule is N#CCC[C@H](C#N)CN1CCN(c2ccccn2)CC1. The first-order valence-corrected chi connectivity index (χ1v) is 6.98. The lowest BCUT2D eigenvalue weighted by atomic mass is 10.0. The molecule has 1 aromatic heterocycles. The van der Waals surface area contributed by atoms with Crippen LogP contribution in [-0.2, 0) is 0 Å². The zero-order valence-corrected chi connectivity index (χ0v) is 11.6. The molecule has 5 heteroatoms. The Hall–Kier alpha value is -2.11. The summed E-state index contributed by atoms with van der Waals surface area (Å²) in [6.07, 6.45) is 2.95. The highest BCUT2D eigenvalue weighted by atomic mass is 15.3. The van der Waals surface area contributed by atoms with Gasteiger partial charge in [-0.2, -0.15) is 10.5 Å². The van der Waals surface area contributed by atoms with Crippen LogP contribution in [0.1, 0.15) is 12.8 Å². The van der Waals surface area contributed by atoms with Gasteiger partial charge in [0.1, 0.15) is 5.82 Å². The predicted octanol–water partition coefficient (Wildman–Crippen LogP) is 1.65. The smallest absolute Gasteiger partial charge is 0.128 e. The van der Waals surface area contributed by atoms with Gasteiger partial charge in [0.25, 0.3) is 0 Å². The van der Waals surface area contributed by atoms with Crippen LogP contribution >= 0.6 is 0 Å². The van der Waals surface area contributed by atoms with Crippen molar-refractivity contribution < 1.29 is 0 Å². The lowest BCUT2D eigenvalue weighted by molar-refractivity contribution is 0.232. The minimum atomic E-state index is -0.0314. The molecule has 1 saturated heterocycles. The Morgan fingerprint density at radius 2 is 2.00 bits per heavy atom. The van der Waals surface area contributed by atoms with E-state index in [0.29, 0.717) is 12.8 Å². The van der Waals surface area contributed by atoms with Crippen LogP contribution in [0.2, 0.25) is 0 Å². The second kappa shape index (κ2) is 7.47.